The van der Waals surface area contributed by atoms with E-state index in [0.717, 1.165) is 17.0 Å². The summed E-state index contributed by atoms with van der Waals surface area (Å²) in [7, 11) is 0. The van der Waals surface area contributed by atoms with Crippen molar-refractivity contribution in [2.24, 2.45) is 0 Å². The number of anilines is 1. The Bertz CT molecular complexity index is 693. The molecule has 0 radical (unpaired) electrons. The highest BCUT2D eigenvalue weighted by Crippen LogP contribution is 2.17. The molecular weight excluding hydrogens is 262 g/mol. The van der Waals surface area contributed by atoms with Crippen LogP contribution in [0.1, 0.15) is 23.6 Å². The van der Waals surface area contributed by atoms with Crippen LogP contribution in [0.3, 0.4) is 0 Å². The van der Waals surface area contributed by atoms with Gasteiger partial charge in [0, 0.05) is 12.2 Å². The highest BCUT2D eigenvalue weighted by molar-refractivity contribution is 5.56. The molecule has 104 valence electrons. The van der Waals surface area contributed by atoms with Gasteiger partial charge in [-0.2, -0.15) is 10.5 Å². The Morgan fingerprint density at radius 3 is 2.33 bits per heavy atom. The molecule has 0 heterocycles. The first kappa shape index (κ1) is 14.4. The monoisotopic (exact) mass is 277 g/mol. The van der Waals surface area contributed by atoms with Gasteiger partial charge in [0.25, 0.3) is 0 Å². The normalized spacial score (nSPS) is 9.48. The molecule has 0 saturated carbocycles. The first-order chi connectivity index (χ1) is 10.3. The quantitative estimate of drug-likeness (QED) is 0.909. The molecule has 21 heavy (non-hydrogen) atoms. The molecule has 0 saturated heterocycles. The van der Waals surface area contributed by atoms with Crippen LogP contribution in [0.4, 0.5) is 5.69 Å². The van der Waals surface area contributed by atoms with Gasteiger partial charge in [-0.1, -0.05) is 12.1 Å². The largest absolute Gasteiger partial charge is 0.494 e. The van der Waals surface area contributed by atoms with Gasteiger partial charge < -0.3 is 10.1 Å². The summed E-state index contributed by atoms with van der Waals surface area (Å²) < 4.78 is 5.39. The number of rotatable bonds is 5. The van der Waals surface area contributed by atoms with E-state index in [9.17, 15) is 0 Å². The molecule has 0 spiro atoms. The zero-order chi connectivity index (χ0) is 15.1. The Kier molecular flexibility index (Phi) is 4.79. The van der Waals surface area contributed by atoms with E-state index < -0.39 is 0 Å². The molecule has 0 aromatic heterocycles. The Hall–Kier alpha value is -2.98. The maximum Gasteiger partial charge on any atom is 0.119 e. The van der Waals surface area contributed by atoms with Crippen molar-refractivity contribution in [3.8, 4) is 17.9 Å². The van der Waals surface area contributed by atoms with E-state index in [2.05, 4.69) is 5.32 Å². The summed E-state index contributed by atoms with van der Waals surface area (Å²) in [4.78, 5) is 0. The topological polar surface area (TPSA) is 68.8 Å². The molecule has 2 rings (SSSR count). The van der Waals surface area contributed by atoms with Crippen LogP contribution in [0, 0.1) is 22.7 Å². The Labute approximate surface area is 124 Å². The number of nitrogens with zero attached hydrogens (tertiary/aromatic N) is 2. The van der Waals surface area contributed by atoms with E-state index in [-0.39, 0.29) is 0 Å². The minimum absolute atomic E-state index is 0.384. The number of ether oxygens (including phenoxy) is 1. The first-order valence-electron chi connectivity index (χ1n) is 6.66. The smallest absolute Gasteiger partial charge is 0.119 e. The van der Waals surface area contributed by atoms with Crippen molar-refractivity contribution in [3.63, 3.8) is 0 Å². The lowest BCUT2D eigenvalue weighted by Gasteiger charge is -2.08. The third-order valence-electron chi connectivity index (χ3n) is 2.99. The standard InChI is InChI=1S/C17H15N3O/c1-2-21-17-7-3-13(4-8-17)12-20-16-6-5-14(10-18)15(9-16)11-19/h3-9,20H,2,12H2,1H3. The van der Waals surface area contributed by atoms with E-state index >= 15 is 0 Å². The van der Waals surface area contributed by atoms with Crippen molar-refractivity contribution in [2.75, 3.05) is 11.9 Å². The van der Waals surface area contributed by atoms with Gasteiger partial charge in [0.15, 0.2) is 0 Å². The van der Waals surface area contributed by atoms with Crippen LogP contribution in [0.2, 0.25) is 0 Å². The highest BCUT2D eigenvalue weighted by atomic mass is 16.5. The third-order valence-corrected chi connectivity index (χ3v) is 2.99. The van der Waals surface area contributed by atoms with E-state index in [1.165, 1.54) is 0 Å². The molecule has 4 heteroatoms. The average molecular weight is 277 g/mol. The molecule has 0 fully saturated rings. The van der Waals surface area contributed by atoms with Gasteiger partial charge in [-0.15, -0.1) is 0 Å². The van der Waals surface area contributed by atoms with Crippen LogP contribution in [-0.2, 0) is 6.54 Å². The van der Waals surface area contributed by atoms with E-state index in [4.69, 9.17) is 15.3 Å². The Morgan fingerprint density at radius 2 is 1.71 bits per heavy atom. The predicted octanol–water partition coefficient (Wildman–Crippen LogP) is 3.44. The lowest BCUT2D eigenvalue weighted by atomic mass is 10.1. The number of hydrogen-bond donors (Lipinski definition) is 1. The molecule has 0 bridgehead atoms. The Balaban J connectivity index is 2.03. The molecular formula is C17H15N3O. The molecule has 0 aliphatic heterocycles. The van der Waals surface area contributed by atoms with Crippen LogP contribution < -0.4 is 10.1 Å². The van der Waals surface area contributed by atoms with E-state index in [1.54, 1.807) is 18.2 Å². The second kappa shape index (κ2) is 6.98. The number of nitriles is 2. The van der Waals surface area contributed by atoms with Crippen LogP contribution in [-0.4, -0.2) is 6.61 Å². The SMILES string of the molecule is CCOc1ccc(CNc2ccc(C#N)c(C#N)c2)cc1. The van der Waals surface area contributed by atoms with Gasteiger partial charge in [-0.3, -0.25) is 0 Å². The fourth-order valence-corrected chi connectivity index (χ4v) is 1.92. The van der Waals surface area contributed by atoms with Crippen molar-refractivity contribution in [3.05, 3.63) is 59.2 Å². The fraction of sp³-hybridized carbons (Fsp3) is 0.176. The van der Waals surface area contributed by atoms with Gasteiger partial charge in [0.05, 0.1) is 17.7 Å². The zero-order valence-electron chi connectivity index (χ0n) is 11.8. The number of nitrogens with one attached hydrogen (secondary N) is 1. The predicted molar refractivity (Wildman–Crippen MR) is 80.8 cm³/mol. The second-order valence-corrected chi connectivity index (χ2v) is 4.41. The van der Waals surface area contributed by atoms with Crippen molar-refractivity contribution in [1.82, 2.24) is 0 Å². The summed E-state index contributed by atoms with van der Waals surface area (Å²) in [6.07, 6.45) is 0. The molecule has 0 aliphatic rings. The number of benzene rings is 2. The van der Waals surface area contributed by atoms with E-state index in [0.29, 0.717) is 24.3 Å². The summed E-state index contributed by atoms with van der Waals surface area (Å²) in [5, 5.41) is 21.1. The molecule has 0 atom stereocenters. The molecule has 0 unspecified atom stereocenters. The van der Waals surface area contributed by atoms with Gasteiger partial charge in [-0.05, 0) is 42.8 Å². The number of hydrogen-bond acceptors (Lipinski definition) is 4. The second-order valence-electron chi connectivity index (χ2n) is 4.41. The molecule has 0 amide bonds. The molecule has 1 N–H and O–H groups in total. The molecule has 0 aliphatic carbocycles. The summed E-state index contributed by atoms with van der Waals surface area (Å²) >= 11 is 0. The third kappa shape index (κ3) is 3.75. The van der Waals surface area contributed by atoms with Gasteiger partial charge in [0.2, 0.25) is 0 Å². The maximum absolute atomic E-state index is 9.00. The molecule has 2 aromatic carbocycles. The lowest BCUT2D eigenvalue weighted by molar-refractivity contribution is 0.340. The van der Waals surface area contributed by atoms with Crippen molar-refractivity contribution >= 4 is 5.69 Å². The summed E-state index contributed by atoms with van der Waals surface area (Å²) in [6.45, 7) is 3.25. The van der Waals surface area contributed by atoms with E-state index in [1.807, 2.05) is 43.3 Å². The van der Waals surface area contributed by atoms with Crippen molar-refractivity contribution < 1.29 is 4.74 Å². The fourth-order valence-electron chi connectivity index (χ4n) is 1.92. The van der Waals surface area contributed by atoms with Crippen LogP contribution in [0.15, 0.2) is 42.5 Å². The van der Waals surface area contributed by atoms with Crippen LogP contribution in [0.25, 0.3) is 0 Å². The summed E-state index contributed by atoms with van der Waals surface area (Å²) in [5.74, 6) is 0.853. The molecule has 4 nitrogen and oxygen atoms in total. The van der Waals surface area contributed by atoms with Crippen LogP contribution in [0.5, 0.6) is 5.75 Å². The highest BCUT2D eigenvalue weighted by Gasteiger charge is 2.03. The lowest BCUT2D eigenvalue weighted by Crippen LogP contribution is -2.00. The summed E-state index contributed by atoms with van der Waals surface area (Å²) in [5.41, 5.74) is 2.71. The zero-order valence-corrected chi connectivity index (χ0v) is 11.8. The average Bonchev–Trinajstić information content (AvgIpc) is 2.54. The Morgan fingerprint density at radius 1 is 1.00 bits per heavy atom. The minimum atomic E-state index is 0.384. The van der Waals surface area contributed by atoms with Gasteiger partial charge in [0.1, 0.15) is 17.9 Å². The first-order valence-corrected chi connectivity index (χ1v) is 6.66. The summed E-state index contributed by atoms with van der Waals surface area (Å²) in [6, 6.07) is 17.0. The van der Waals surface area contributed by atoms with Crippen LogP contribution >= 0.6 is 0 Å². The maximum atomic E-state index is 9.00. The van der Waals surface area contributed by atoms with Gasteiger partial charge >= 0.3 is 0 Å². The minimum Gasteiger partial charge on any atom is -0.494 e. The van der Waals surface area contributed by atoms with Crippen molar-refractivity contribution in [1.29, 1.82) is 10.5 Å². The van der Waals surface area contributed by atoms with Crippen molar-refractivity contribution in [2.45, 2.75) is 13.5 Å². The van der Waals surface area contributed by atoms with Gasteiger partial charge in [-0.25, -0.2) is 0 Å². The molecule has 2 aromatic rings.